The molecule has 0 fully saturated rings. The van der Waals surface area contributed by atoms with E-state index in [0.29, 0.717) is 11.3 Å². The van der Waals surface area contributed by atoms with E-state index in [2.05, 4.69) is 0 Å². The van der Waals surface area contributed by atoms with Crippen LogP contribution in [0.3, 0.4) is 0 Å². The minimum Gasteiger partial charge on any atom is -0.207 e. The van der Waals surface area contributed by atoms with Gasteiger partial charge in [-0.2, -0.15) is 0 Å². The first-order valence-corrected chi connectivity index (χ1v) is 5.96. The van der Waals surface area contributed by atoms with Crippen molar-refractivity contribution in [2.45, 2.75) is 10.6 Å². The highest BCUT2D eigenvalue weighted by atomic mass is 32.2. The smallest absolute Gasteiger partial charge is 0.159 e. The largest absolute Gasteiger partial charge is 0.207 e. The number of hydrogen-bond acceptors (Lipinski definition) is 1. The molecular weight excluding hydrogens is 245 g/mol. The first-order chi connectivity index (χ1) is 8.15. The number of benzene rings is 2. The topological polar surface area (TPSA) is 0 Å². The first-order valence-electron chi connectivity index (χ1n) is 4.97. The zero-order valence-electron chi connectivity index (χ0n) is 8.79. The molecule has 0 N–H and O–H groups in total. The first kappa shape index (κ1) is 12.0. The summed E-state index contributed by atoms with van der Waals surface area (Å²) in [5.74, 6) is -1.46. The lowest BCUT2D eigenvalue weighted by molar-refractivity contribution is 0.507. The van der Waals surface area contributed by atoms with Crippen LogP contribution in [0.1, 0.15) is 5.56 Å². The molecular formula is C13H9F3S. The maximum atomic E-state index is 12.9. The van der Waals surface area contributed by atoms with Gasteiger partial charge in [-0.05, 0) is 42.0 Å². The zero-order valence-corrected chi connectivity index (χ0v) is 9.61. The normalized spacial score (nSPS) is 10.5. The van der Waals surface area contributed by atoms with Gasteiger partial charge >= 0.3 is 0 Å². The summed E-state index contributed by atoms with van der Waals surface area (Å²) >= 11 is 1.44. The Hall–Kier alpha value is -1.42. The van der Waals surface area contributed by atoms with Crippen LogP contribution in [0.4, 0.5) is 13.2 Å². The molecule has 88 valence electrons. The molecule has 0 radical (unpaired) electrons. The van der Waals surface area contributed by atoms with Crippen molar-refractivity contribution in [3.05, 3.63) is 65.5 Å². The molecule has 2 aromatic carbocycles. The van der Waals surface area contributed by atoms with Crippen LogP contribution >= 0.6 is 11.8 Å². The lowest BCUT2D eigenvalue weighted by atomic mass is 10.2. The molecule has 2 aromatic rings. The summed E-state index contributed by atoms with van der Waals surface area (Å²) in [6.07, 6.45) is 0. The van der Waals surface area contributed by atoms with Gasteiger partial charge in [-0.3, -0.25) is 0 Å². The SMILES string of the molecule is Fc1ccc(SCc2ccc(F)c(F)c2)cc1. The van der Waals surface area contributed by atoms with Gasteiger partial charge < -0.3 is 0 Å². The van der Waals surface area contributed by atoms with Crippen LogP contribution in [0.25, 0.3) is 0 Å². The van der Waals surface area contributed by atoms with Gasteiger partial charge in [-0.1, -0.05) is 6.07 Å². The summed E-state index contributed by atoms with van der Waals surface area (Å²) in [5, 5.41) is 0. The zero-order chi connectivity index (χ0) is 12.3. The van der Waals surface area contributed by atoms with E-state index in [9.17, 15) is 13.2 Å². The van der Waals surface area contributed by atoms with Crippen molar-refractivity contribution in [3.63, 3.8) is 0 Å². The molecule has 2 rings (SSSR count). The van der Waals surface area contributed by atoms with Gasteiger partial charge in [0.15, 0.2) is 11.6 Å². The molecule has 0 spiro atoms. The maximum Gasteiger partial charge on any atom is 0.159 e. The Morgan fingerprint density at radius 2 is 1.53 bits per heavy atom. The summed E-state index contributed by atoms with van der Waals surface area (Å²) < 4.78 is 38.3. The van der Waals surface area contributed by atoms with Crippen LogP contribution in [0.15, 0.2) is 47.4 Å². The average molecular weight is 254 g/mol. The van der Waals surface area contributed by atoms with Crippen molar-refractivity contribution in [2.75, 3.05) is 0 Å². The van der Waals surface area contributed by atoms with Crippen molar-refractivity contribution in [1.82, 2.24) is 0 Å². The van der Waals surface area contributed by atoms with E-state index >= 15 is 0 Å². The lowest BCUT2D eigenvalue weighted by Crippen LogP contribution is -1.87. The predicted molar refractivity (Wildman–Crippen MR) is 62.3 cm³/mol. The van der Waals surface area contributed by atoms with Gasteiger partial charge in [0.1, 0.15) is 5.82 Å². The molecule has 0 atom stereocenters. The lowest BCUT2D eigenvalue weighted by Gasteiger charge is -2.02. The van der Waals surface area contributed by atoms with Crippen molar-refractivity contribution in [3.8, 4) is 0 Å². The minimum absolute atomic E-state index is 0.290. The second-order valence-electron chi connectivity index (χ2n) is 3.49. The second-order valence-corrected chi connectivity index (χ2v) is 4.54. The Bertz CT molecular complexity index is 509. The minimum atomic E-state index is -0.847. The molecule has 0 heterocycles. The summed E-state index contributed by atoms with van der Waals surface area (Å²) in [5.41, 5.74) is 0.693. The van der Waals surface area contributed by atoms with E-state index in [-0.39, 0.29) is 5.82 Å². The quantitative estimate of drug-likeness (QED) is 0.732. The number of rotatable bonds is 3. The molecule has 4 heteroatoms. The van der Waals surface area contributed by atoms with E-state index in [1.165, 1.54) is 36.0 Å². The standard InChI is InChI=1S/C13H9F3S/c14-10-2-4-11(5-3-10)17-8-9-1-6-12(15)13(16)7-9/h1-7H,8H2. The number of thioether (sulfide) groups is 1. The van der Waals surface area contributed by atoms with Crippen molar-refractivity contribution in [1.29, 1.82) is 0 Å². The highest BCUT2D eigenvalue weighted by Crippen LogP contribution is 2.23. The summed E-state index contributed by atoms with van der Waals surface area (Å²) in [6, 6.07) is 9.86. The third-order valence-corrected chi connectivity index (χ3v) is 3.29. The molecule has 0 aromatic heterocycles. The van der Waals surface area contributed by atoms with Gasteiger partial charge in [0.05, 0.1) is 0 Å². The van der Waals surface area contributed by atoms with E-state index < -0.39 is 11.6 Å². The van der Waals surface area contributed by atoms with Crippen LogP contribution in [0.2, 0.25) is 0 Å². The Balaban J connectivity index is 2.02. The predicted octanol–water partition coefficient (Wildman–Crippen LogP) is 4.40. The van der Waals surface area contributed by atoms with Crippen LogP contribution in [0, 0.1) is 17.5 Å². The van der Waals surface area contributed by atoms with Crippen molar-refractivity contribution >= 4 is 11.8 Å². The van der Waals surface area contributed by atoms with Crippen LogP contribution < -0.4 is 0 Å². The summed E-state index contributed by atoms with van der Waals surface area (Å²) in [4.78, 5) is 0.885. The molecule has 0 aliphatic heterocycles. The fraction of sp³-hybridized carbons (Fsp3) is 0.0769. The van der Waals surface area contributed by atoms with Crippen molar-refractivity contribution < 1.29 is 13.2 Å². The monoisotopic (exact) mass is 254 g/mol. The average Bonchev–Trinajstić information content (AvgIpc) is 2.33. The molecule has 0 nitrogen and oxygen atoms in total. The molecule has 0 aliphatic carbocycles. The molecule has 0 unspecified atom stereocenters. The number of halogens is 3. The van der Waals surface area contributed by atoms with Crippen LogP contribution in [-0.2, 0) is 5.75 Å². The molecule has 0 saturated heterocycles. The van der Waals surface area contributed by atoms with Gasteiger partial charge in [-0.15, -0.1) is 11.8 Å². The molecule has 0 amide bonds. The maximum absolute atomic E-state index is 12.9. The number of hydrogen-bond donors (Lipinski definition) is 0. The van der Waals surface area contributed by atoms with Crippen LogP contribution in [-0.4, -0.2) is 0 Å². The third-order valence-electron chi connectivity index (χ3n) is 2.20. The Labute approximate surface area is 101 Å². The fourth-order valence-corrected chi connectivity index (χ4v) is 2.17. The molecule has 0 bridgehead atoms. The van der Waals surface area contributed by atoms with Gasteiger partial charge in [0, 0.05) is 10.6 Å². The van der Waals surface area contributed by atoms with E-state index in [1.54, 1.807) is 12.1 Å². The van der Waals surface area contributed by atoms with Gasteiger partial charge in [0.2, 0.25) is 0 Å². The second kappa shape index (κ2) is 5.27. The molecule has 17 heavy (non-hydrogen) atoms. The Kier molecular flexibility index (Phi) is 3.74. The van der Waals surface area contributed by atoms with Gasteiger partial charge in [0.25, 0.3) is 0 Å². The van der Waals surface area contributed by atoms with E-state index in [0.717, 1.165) is 11.0 Å². The summed E-state index contributed by atoms with van der Waals surface area (Å²) in [7, 11) is 0. The Morgan fingerprint density at radius 1 is 0.824 bits per heavy atom. The highest BCUT2D eigenvalue weighted by Gasteiger charge is 2.03. The highest BCUT2D eigenvalue weighted by molar-refractivity contribution is 7.98. The third kappa shape index (κ3) is 3.27. The van der Waals surface area contributed by atoms with Crippen LogP contribution in [0.5, 0.6) is 0 Å². The van der Waals surface area contributed by atoms with E-state index in [4.69, 9.17) is 0 Å². The van der Waals surface area contributed by atoms with E-state index in [1.807, 2.05) is 0 Å². The Morgan fingerprint density at radius 3 is 2.18 bits per heavy atom. The fourth-order valence-electron chi connectivity index (χ4n) is 1.33. The summed E-state index contributed by atoms with van der Waals surface area (Å²) in [6.45, 7) is 0. The molecule has 0 aliphatic rings. The van der Waals surface area contributed by atoms with Crippen molar-refractivity contribution in [2.24, 2.45) is 0 Å². The molecule has 0 saturated carbocycles. The van der Waals surface area contributed by atoms with Gasteiger partial charge in [-0.25, -0.2) is 13.2 Å².